The van der Waals surface area contributed by atoms with E-state index < -0.39 is 41.8 Å². The molecule has 3 heterocycles. The largest absolute Gasteiger partial charge is 0.463 e. The van der Waals surface area contributed by atoms with Gasteiger partial charge in [-0.1, -0.05) is 34.6 Å². The van der Waals surface area contributed by atoms with Gasteiger partial charge in [-0.25, -0.2) is 9.50 Å². The zero-order valence-electron chi connectivity index (χ0n) is 19.3. The topological polar surface area (TPSA) is 162 Å². The van der Waals surface area contributed by atoms with E-state index in [1.54, 1.807) is 26.8 Å². The van der Waals surface area contributed by atoms with Crippen molar-refractivity contribution in [2.75, 3.05) is 12.3 Å². The molecule has 1 saturated heterocycles. The first-order chi connectivity index (χ1) is 15.5. The number of aliphatic hydroxyl groups excluding tert-OH is 1. The summed E-state index contributed by atoms with van der Waals surface area (Å²) in [4.78, 5) is 28.6. The molecule has 2 aromatic rings. The van der Waals surface area contributed by atoms with E-state index in [0.717, 1.165) is 0 Å². The van der Waals surface area contributed by atoms with E-state index in [1.807, 2.05) is 19.9 Å². The van der Waals surface area contributed by atoms with Crippen LogP contribution in [0.4, 0.5) is 5.82 Å². The molecule has 11 heteroatoms. The molecule has 0 amide bonds. The van der Waals surface area contributed by atoms with Gasteiger partial charge in [0.05, 0.1) is 17.5 Å². The van der Waals surface area contributed by atoms with Gasteiger partial charge in [-0.05, 0) is 18.1 Å². The highest BCUT2D eigenvalue weighted by molar-refractivity contribution is 5.73. The molecule has 0 aromatic carbocycles. The number of rotatable bonds is 7. The zero-order valence-corrected chi connectivity index (χ0v) is 19.3. The summed E-state index contributed by atoms with van der Waals surface area (Å²) in [5.41, 5.74) is 4.52. The molecule has 0 unspecified atom stereocenters. The lowest BCUT2D eigenvalue weighted by molar-refractivity contribution is -0.164. The number of aromatic nitrogens is 3. The Labute approximate surface area is 191 Å². The van der Waals surface area contributed by atoms with E-state index in [9.17, 15) is 20.0 Å². The molecule has 0 saturated carbocycles. The van der Waals surface area contributed by atoms with Crippen LogP contribution in [0, 0.1) is 29.1 Å². The van der Waals surface area contributed by atoms with Crippen molar-refractivity contribution >= 4 is 23.3 Å². The van der Waals surface area contributed by atoms with Gasteiger partial charge in [0, 0.05) is 0 Å². The van der Waals surface area contributed by atoms with Crippen molar-refractivity contribution in [1.82, 2.24) is 14.6 Å². The molecular weight excluding hydrogens is 430 g/mol. The van der Waals surface area contributed by atoms with Crippen LogP contribution < -0.4 is 5.73 Å². The van der Waals surface area contributed by atoms with Crippen LogP contribution in [-0.2, 0) is 29.4 Å². The smallest absolute Gasteiger partial charge is 0.309 e. The van der Waals surface area contributed by atoms with Crippen LogP contribution in [0.15, 0.2) is 18.5 Å². The molecule has 2 aromatic heterocycles. The molecule has 3 rings (SSSR count). The fraction of sp³-hybridized carbons (Fsp3) is 0.591. The van der Waals surface area contributed by atoms with Crippen molar-refractivity contribution in [3.05, 3.63) is 24.2 Å². The molecule has 1 fully saturated rings. The van der Waals surface area contributed by atoms with Crippen molar-refractivity contribution < 1.29 is 28.9 Å². The summed E-state index contributed by atoms with van der Waals surface area (Å²) in [6.45, 7) is 8.49. The van der Waals surface area contributed by atoms with E-state index in [0.29, 0.717) is 5.52 Å². The average Bonchev–Trinajstić information content (AvgIpc) is 3.32. The molecule has 0 radical (unpaired) electrons. The first-order valence-electron chi connectivity index (χ1n) is 10.8. The highest BCUT2D eigenvalue weighted by atomic mass is 16.6. The fourth-order valence-electron chi connectivity index (χ4n) is 3.51. The number of aliphatic hydroxyl groups is 1. The lowest BCUT2D eigenvalue weighted by Gasteiger charge is -2.25. The quantitative estimate of drug-likeness (QED) is 0.575. The maximum atomic E-state index is 12.4. The Morgan fingerprint density at radius 1 is 1.30 bits per heavy atom. The van der Waals surface area contributed by atoms with Crippen LogP contribution in [0.5, 0.6) is 0 Å². The number of anilines is 1. The Hall–Kier alpha value is -3.23. The average molecular weight is 460 g/mol. The Balaban J connectivity index is 1.98. The second-order valence-corrected chi connectivity index (χ2v) is 8.83. The highest BCUT2D eigenvalue weighted by Gasteiger charge is 2.60. The lowest BCUT2D eigenvalue weighted by atomic mass is 9.92. The number of carbonyl (C=O) groups excluding carboxylic acids is 2. The van der Waals surface area contributed by atoms with E-state index in [-0.39, 0.29) is 30.0 Å². The van der Waals surface area contributed by atoms with Gasteiger partial charge in [-0.3, -0.25) is 9.59 Å². The van der Waals surface area contributed by atoms with E-state index in [1.165, 1.54) is 16.9 Å². The third-order valence-corrected chi connectivity index (χ3v) is 5.95. The normalized spacial score (nSPS) is 25.8. The minimum absolute atomic E-state index is 0.0533. The maximum absolute atomic E-state index is 12.4. The number of nitrogen functional groups attached to an aromatic ring is 1. The Morgan fingerprint density at radius 2 is 2.00 bits per heavy atom. The number of carbonyl (C=O) groups is 2. The summed E-state index contributed by atoms with van der Waals surface area (Å²) in [7, 11) is 0. The molecule has 178 valence electrons. The lowest BCUT2D eigenvalue weighted by Crippen LogP contribution is -2.43. The van der Waals surface area contributed by atoms with Crippen LogP contribution in [0.3, 0.4) is 0 Å². The third-order valence-electron chi connectivity index (χ3n) is 5.95. The molecule has 5 atom stereocenters. The number of esters is 2. The van der Waals surface area contributed by atoms with Crippen LogP contribution in [0.1, 0.15) is 40.3 Å². The molecule has 1 aliphatic rings. The van der Waals surface area contributed by atoms with E-state index in [4.69, 9.17) is 19.9 Å². The molecular formula is C22H29N5O6. The van der Waals surface area contributed by atoms with Crippen molar-refractivity contribution in [3.8, 4) is 6.07 Å². The summed E-state index contributed by atoms with van der Waals surface area (Å²) in [5, 5.41) is 25.5. The molecule has 3 N–H and O–H groups in total. The van der Waals surface area contributed by atoms with Gasteiger partial charge in [0.1, 0.15) is 36.7 Å². The third kappa shape index (κ3) is 4.36. The predicted octanol–water partition coefficient (Wildman–Crippen LogP) is 1.19. The molecule has 0 bridgehead atoms. The second kappa shape index (κ2) is 9.33. The van der Waals surface area contributed by atoms with Crippen LogP contribution in [0.25, 0.3) is 5.52 Å². The van der Waals surface area contributed by atoms with E-state index in [2.05, 4.69) is 10.1 Å². The Bertz CT molecular complexity index is 1080. The van der Waals surface area contributed by atoms with Crippen molar-refractivity contribution in [2.24, 2.45) is 17.8 Å². The van der Waals surface area contributed by atoms with Gasteiger partial charge in [0.2, 0.25) is 5.60 Å². The maximum Gasteiger partial charge on any atom is 0.309 e. The predicted molar refractivity (Wildman–Crippen MR) is 115 cm³/mol. The number of hydrogen-bond donors (Lipinski definition) is 2. The minimum Gasteiger partial charge on any atom is -0.463 e. The fourth-order valence-corrected chi connectivity index (χ4v) is 3.51. The number of nitriles is 1. The molecule has 33 heavy (non-hydrogen) atoms. The van der Waals surface area contributed by atoms with Crippen LogP contribution >= 0.6 is 0 Å². The Morgan fingerprint density at radius 3 is 2.61 bits per heavy atom. The highest BCUT2D eigenvalue weighted by Crippen LogP contribution is 2.42. The van der Waals surface area contributed by atoms with E-state index >= 15 is 0 Å². The molecule has 0 aliphatic carbocycles. The molecule has 0 spiro atoms. The zero-order chi connectivity index (χ0) is 24.5. The van der Waals surface area contributed by atoms with Crippen molar-refractivity contribution in [1.29, 1.82) is 5.26 Å². The minimum atomic E-state index is -1.96. The first-order valence-corrected chi connectivity index (χ1v) is 10.8. The summed E-state index contributed by atoms with van der Waals surface area (Å²) in [6.07, 6.45) is -2.73. The summed E-state index contributed by atoms with van der Waals surface area (Å²) < 4.78 is 18.2. The SMILES string of the molecule is CC(C)C(=O)O[C@H]1[C@@H](O)[C@](C#N)(c2ccc3c(N)ncnn23)O[C@@H]1COC(=O)[C@@H](C)C(C)C. The number of hydrogen-bond acceptors (Lipinski definition) is 10. The summed E-state index contributed by atoms with van der Waals surface area (Å²) >= 11 is 0. The van der Waals surface area contributed by atoms with Crippen LogP contribution in [0.2, 0.25) is 0 Å². The second-order valence-electron chi connectivity index (χ2n) is 8.83. The van der Waals surface area contributed by atoms with Gasteiger partial charge < -0.3 is 25.1 Å². The van der Waals surface area contributed by atoms with Gasteiger partial charge in [0.25, 0.3) is 0 Å². The summed E-state index contributed by atoms with van der Waals surface area (Å²) in [5.74, 6) is -1.68. The summed E-state index contributed by atoms with van der Waals surface area (Å²) in [6, 6.07) is 5.13. The van der Waals surface area contributed by atoms with Gasteiger partial charge in [0.15, 0.2) is 11.9 Å². The van der Waals surface area contributed by atoms with Gasteiger partial charge in [-0.15, -0.1) is 0 Å². The van der Waals surface area contributed by atoms with Gasteiger partial charge >= 0.3 is 11.9 Å². The molecule has 1 aliphatic heterocycles. The van der Waals surface area contributed by atoms with Crippen molar-refractivity contribution in [2.45, 2.75) is 58.5 Å². The molecule has 11 nitrogen and oxygen atoms in total. The first kappa shape index (κ1) is 24.4. The Kier molecular flexibility index (Phi) is 6.90. The number of nitrogens with two attached hydrogens (primary N) is 1. The monoisotopic (exact) mass is 459 g/mol. The van der Waals surface area contributed by atoms with Gasteiger partial charge in [-0.2, -0.15) is 10.4 Å². The van der Waals surface area contributed by atoms with Crippen molar-refractivity contribution in [3.63, 3.8) is 0 Å². The standard InChI is InChI=1S/C22H29N5O6/c1-11(2)13(5)21(30)31-8-15-17(32-20(29)12(3)4)18(28)22(9-23,33-15)16-7-6-14-19(24)25-10-26-27(14)16/h6-7,10-13,15,17-18,28H,8H2,1-5H3,(H2,24,25,26)/t13-,15+,17+,18+,22-/m0/s1. The number of nitrogens with zero attached hydrogens (tertiary/aromatic N) is 4. The number of ether oxygens (including phenoxy) is 3. The van der Waals surface area contributed by atoms with Crippen LogP contribution in [-0.4, -0.2) is 56.6 Å². The number of fused-ring (bicyclic) bond motifs is 1.